The Labute approximate surface area is 132 Å². The quantitative estimate of drug-likeness (QED) is 0.709. The monoisotopic (exact) mass is 341 g/mol. The van der Waals surface area contributed by atoms with Crippen molar-refractivity contribution in [2.75, 3.05) is 31.4 Å². The highest BCUT2D eigenvalue weighted by Gasteiger charge is 2.32. The molecule has 2 atom stereocenters. The zero-order chi connectivity index (χ0) is 17.1. The topological polar surface area (TPSA) is 63.7 Å². The number of sulfonamides is 1. The van der Waals surface area contributed by atoms with Crippen LogP contribution in [0.25, 0.3) is 0 Å². The first-order chi connectivity index (χ1) is 9.13. The number of ether oxygens (including phenoxy) is 1. The molecule has 0 heterocycles. The molecular formula is C14H31NO4S2. The number of hydrogen-bond acceptors (Lipinski definition) is 4. The third kappa shape index (κ3) is 9.60. The molecule has 0 aromatic heterocycles. The van der Waals surface area contributed by atoms with Gasteiger partial charge in [0.1, 0.15) is 0 Å². The van der Waals surface area contributed by atoms with Gasteiger partial charge in [-0.15, -0.1) is 0 Å². The van der Waals surface area contributed by atoms with Crippen molar-refractivity contribution in [3.63, 3.8) is 0 Å². The van der Waals surface area contributed by atoms with Crippen molar-refractivity contribution >= 4 is 20.8 Å². The molecule has 0 fully saturated rings. The Morgan fingerprint density at radius 2 is 1.62 bits per heavy atom. The molecule has 0 aliphatic rings. The number of hydrogen-bond donors (Lipinski definition) is 0. The summed E-state index contributed by atoms with van der Waals surface area (Å²) in [6.45, 7) is 12.4. The van der Waals surface area contributed by atoms with Crippen molar-refractivity contribution < 1.29 is 17.4 Å². The maximum Gasteiger partial charge on any atom is 0.211 e. The van der Waals surface area contributed by atoms with Crippen LogP contribution in [0, 0.1) is 5.41 Å². The molecule has 0 radical (unpaired) electrons. The molecule has 7 heteroatoms. The van der Waals surface area contributed by atoms with Crippen LogP contribution in [0.15, 0.2) is 0 Å². The van der Waals surface area contributed by atoms with Crippen LogP contribution >= 0.6 is 0 Å². The number of nitrogens with zero attached hydrogens (tertiary/aromatic N) is 1. The van der Waals surface area contributed by atoms with Crippen LogP contribution < -0.4 is 0 Å². The van der Waals surface area contributed by atoms with E-state index >= 15 is 0 Å². The van der Waals surface area contributed by atoms with E-state index in [2.05, 4.69) is 0 Å². The molecule has 0 N–H and O–H groups in total. The Bertz CT molecular complexity index is 447. The summed E-state index contributed by atoms with van der Waals surface area (Å²) in [5.74, 6) is 0.332. The van der Waals surface area contributed by atoms with Crippen LogP contribution in [0.1, 0.15) is 41.5 Å². The lowest BCUT2D eigenvalue weighted by atomic mass is 9.98. The third-order valence-electron chi connectivity index (χ3n) is 2.69. The predicted octanol–water partition coefficient (Wildman–Crippen LogP) is 1.86. The van der Waals surface area contributed by atoms with Gasteiger partial charge >= 0.3 is 0 Å². The van der Waals surface area contributed by atoms with E-state index in [1.165, 1.54) is 10.6 Å². The van der Waals surface area contributed by atoms with Crippen molar-refractivity contribution in [2.45, 2.75) is 53.2 Å². The minimum Gasteiger partial charge on any atom is -0.375 e. The van der Waals surface area contributed by atoms with Crippen LogP contribution in [0.3, 0.4) is 0 Å². The van der Waals surface area contributed by atoms with Crippen LogP contribution in [-0.4, -0.2) is 60.0 Å². The first kappa shape index (κ1) is 21.0. The Hall–Kier alpha value is 0.0200. The minimum absolute atomic E-state index is 0.0227. The molecule has 0 saturated carbocycles. The second-order valence-corrected chi connectivity index (χ2v) is 11.1. The Kier molecular flexibility index (Phi) is 7.53. The zero-order valence-corrected chi connectivity index (χ0v) is 16.2. The molecule has 0 spiro atoms. The van der Waals surface area contributed by atoms with Gasteiger partial charge in [-0.25, -0.2) is 8.42 Å². The van der Waals surface area contributed by atoms with Gasteiger partial charge in [-0.3, -0.25) is 4.21 Å². The zero-order valence-electron chi connectivity index (χ0n) is 14.6. The lowest BCUT2D eigenvalue weighted by Crippen LogP contribution is -2.50. The van der Waals surface area contributed by atoms with E-state index in [1.54, 1.807) is 6.26 Å². The molecule has 0 rings (SSSR count). The smallest absolute Gasteiger partial charge is 0.211 e. The van der Waals surface area contributed by atoms with Gasteiger partial charge in [-0.05, 0) is 26.2 Å². The third-order valence-corrected chi connectivity index (χ3v) is 5.03. The maximum absolute atomic E-state index is 12.0. The van der Waals surface area contributed by atoms with E-state index in [1.807, 2.05) is 41.5 Å². The molecule has 128 valence electrons. The molecule has 0 saturated heterocycles. The molecule has 21 heavy (non-hydrogen) atoms. The predicted molar refractivity (Wildman–Crippen MR) is 89.4 cm³/mol. The highest BCUT2D eigenvalue weighted by Crippen LogP contribution is 2.20. The van der Waals surface area contributed by atoms with Crippen LogP contribution in [-0.2, 0) is 25.6 Å². The van der Waals surface area contributed by atoms with Crippen molar-refractivity contribution in [1.29, 1.82) is 0 Å². The summed E-state index contributed by atoms with van der Waals surface area (Å²) < 4.78 is 42.8. The summed E-state index contributed by atoms with van der Waals surface area (Å²) in [7, 11) is -4.39. The van der Waals surface area contributed by atoms with Gasteiger partial charge in [0.05, 0.1) is 24.7 Å². The number of rotatable bonds is 7. The molecular weight excluding hydrogens is 310 g/mol. The molecule has 0 aromatic carbocycles. The van der Waals surface area contributed by atoms with E-state index in [0.29, 0.717) is 12.4 Å². The van der Waals surface area contributed by atoms with Crippen molar-refractivity contribution in [3.8, 4) is 0 Å². The van der Waals surface area contributed by atoms with E-state index in [4.69, 9.17) is 4.74 Å². The van der Waals surface area contributed by atoms with Gasteiger partial charge in [-0.2, -0.15) is 4.31 Å². The maximum atomic E-state index is 12.0. The highest BCUT2D eigenvalue weighted by molar-refractivity contribution is 7.88. The lowest BCUT2D eigenvalue weighted by Gasteiger charge is -2.36. The first-order valence-corrected chi connectivity index (χ1v) is 10.6. The summed E-state index contributed by atoms with van der Waals surface area (Å²) in [5, 5.41) is 0. The molecule has 0 aliphatic carbocycles. The van der Waals surface area contributed by atoms with Gasteiger partial charge in [0, 0.05) is 29.1 Å². The van der Waals surface area contributed by atoms with E-state index in [-0.39, 0.29) is 18.1 Å². The Morgan fingerprint density at radius 3 is 1.90 bits per heavy atom. The van der Waals surface area contributed by atoms with Gasteiger partial charge in [0.25, 0.3) is 0 Å². The summed E-state index contributed by atoms with van der Waals surface area (Å²) >= 11 is 0. The van der Waals surface area contributed by atoms with Crippen molar-refractivity contribution in [2.24, 2.45) is 5.41 Å². The average Bonchev–Trinajstić information content (AvgIpc) is 2.16. The first-order valence-electron chi connectivity index (χ1n) is 7.02. The van der Waals surface area contributed by atoms with Gasteiger partial charge in [-0.1, -0.05) is 20.8 Å². The SMILES string of the molecule is C[S@@](=O)CC(CN(C(C)(C)C)S(C)(=O)=O)OCC(C)(C)C. The molecule has 0 aliphatic heterocycles. The minimum atomic E-state index is -3.35. The van der Waals surface area contributed by atoms with Gasteiger partial charge in [0.15, 0.2) is 0 Å². The standard InChI is InChI=1S/C14H31NO4S2/c1-13(2,3)11-19-12(10-20(7)16)9-15(14(4,5)6)21(8,17)18/h12H,9-11H2,1-8H3/t12?,20-/m1/s1. The van der Waals surface area contributed by atoms with Crippen LogP contribution in [0.5, 0.6) is 0 Å². The van der Waals surface area contributed by atoms with Gasteiger partial charge in [0.2, 0.25) is 10.0 Å². The van der Waals surface area contributed by atoms with Crippen LogP contribution in [0.4, 0.5) is 0 Å². The summed E-state index contributed by atoms with van der Waals surface area (Å²) in [4.78, 5) is 0. The molecule has 0 bridgehead atoms. The fraction of sp³-hybridized carbons (Fsp3) is 1.00. The molecule has 0 amide bonds. The summed E-state index contributed by atoms with van der Waals surface area (Å²) in [6.07, 6.45) is 2.43. The second-order valence-electron chi connectivity index (χ2n) is 7.70. The summed E-state index contributed by atoms with van der Waals surface area (Å²) in [6, 6.07) is 0. The van der Waals surface area contributed by atoms with E-state index < -0.39 is 26.4 Å². The van der Waals surface area contributed by atoms with Crippen molar-refractivity contribution in [3.05, 3.63) is 0 Å². The normalized spacial score (nSPS) is 17.0. The molecule has 5 nitrogen and oxygen atoms in total. The van der Waals surface area contributed by atoms with E-state index in [0.717, 1.165) is 0 Å². The Balaban J connectivity index is 5.11. The highest BCUT2D eigenvalue weighted by atomic mass is 32.2. The summed E-state index contributed by atoms with van der Waals surface area (Å²) in [5.41, 5.74) is -0.558. The molecule has 0 aromatic rings. The Morgan fingerprint density at radius 1 is 1.14 bits per heavy atom. The average molecular weight is 342 g/mol. The van der Waals surface area contributed by atoms with Crippen LogP contribution in [0.2, 0.25) is 0 Å². The van der Waals surface area contributed by atoms with E-state index in [9.17, 15) is 12.6 Å². The fourth-order valence-corrected chi connectivity index (χ4v) is 4.03. The second kappa shape index (κ2) is 7.53. The molecule has 1 unspecified atom stereocenters. The fourth-order valence-electron chi connectivity index (χ4n) is 1.87. The lowest BCUT2D eigenvalue weighted by molar-refractivity contribution is 0.00468. The van der Waals surface area contributed by atoms with Crippen molar-refractivity contribution in [1.82, 2.24) is 4.31 Å². The van der Waals surface area contributed by atoms with Gasteiger partial charge < -0.3 is 4.74 Å². The largest absolute Gasteiger partial charge is 0.375 e.